The molecule has 5 heteroatoms. The maximum atomic E-state index is 12.8. The number of amides is 1. The van der Waals surface area contributed by atoms with Gasteiger partial charge in [0.2, 0.25) is 5.91 Å². The Balaban J connectivity index is 1.48. The Labute approximate surface area is 136 Å². The number of hydrogen-bond donors (Lipinski definition) is 2. The first kappa shape index (κ1) is 14.7. The fourth-order valence-electron chi connectivity index (χ4n) is 3.89. The standard InChI is InChI=1S/C18H24N4O/c23-18(13-5-3-9-19-11-13)22-10-4-6-14(12-22)17-20-15-7-1-2-8-16(15)21-17/h1-2,7-8,13-14,19H,3-6,9-12H2,(H,20,21). The monoisotopic (exact) mass is 312 g/mol. The predicted octanol–water partition coefficient (Wildman–Crippen LogP) is 2.27. The minimum absolute atomic E-state index is 0.165. The SMILES string of the molecule is O=C(C1CCCNC1)N1CCCC(c2nc3ccccc3[nH]2)C1. The van der Waals surface area contributed by atoms with Gasteiger partial charge in [-0.05, 0) is 44.4 Å². The number of carbonyl (C=O) groups excluding carboxylic acids is 1. The molecule has 1 aromatic heterocycles. The summed E-state index contributed by atoms with van der Waals surface area (Å²) in [5.41, 5.74) is 2.10. The van der Waals surface area contributed by atoms with Crippen molar-refractivity contribution in [2.75, 3.05) is 26.2 Å². The van der Waals surface area contributed by atoms with Crippen LogP contribution in [-0.4, -0.2) is 47.0 Å². The normalized spacial score (nSPS) is 25.7. The first-order valence-electron chi connectivity index (χ1n) is 8.75. The summed E-state index contributed by atoms with van der Waals surface area (Å²) in [7, 11) is 0. The number of nitrogens with one attached hydrogen (secondary N) is 2. The van der Waals surface area contributed by atoms with Crippen LogP contribution in [0.2, 0.25) is 0 Å². The molecular weight excluding hydrogens is 288 g/mol. The lowest BCUT2D eigenvalue weighted by atomic mass is 9.93. The largest absolute Gasteiger partial charge is 0.342 e. The Kier molecular flexibility index (Phi) is 4.04. The lowest BCUT2D eigenvalue weighted by molar-refractivity contribution is -0.137. The zero-order valence-electron chi connectivity index (χ0n) is 13.4. The molecule has 0 saturated carbocycles. The number of benzene rings is 1. The fourth-order valence-corrected chi connectivity index (χ4v) is 3.89. The molecule has 3 heterocycles. The van der Waals surface area contributed by atoms with Gasteiger partial charge in [0.15, 0.2) is 0 Å². The molecule has 23 heavy (non-hydrogen) atoms. The average molecular weight is 312 g/mol. The molecule has 4 rings (SSSR count). The maximum absolute atomic E-state index is 12.8. The van der Waals surface area contributed by atoms with Crippen molar-refractivity contribution in [2.24, 2.45) is 5.92 Å². The predicted molar refractivity (Wildman–Crippen MR) is 90.2 cm³/mol. The molecule has 2 aromatic rings. The van der Waals surface area contributed by atoms with E-state index >= 15 is 0 Å². The zero-order valence-corrected chi connectivity index (χ0v) is 13.4. The Morgan fingerprint density at radius 1 is 1.22 bits per heavy atom. The van der Waals surface area contributed by atoms with E-state index in [0.29, 0.717) is 11.8 Å². The van der Waals surface area contributed by atoms with E-state index in [2.05, 4.69) is 21.3 Å². The fraction of sp³-hybridized carbons (Fsp3) is 0.556. The van der Waals surface area contributed by atoms with Crippen LogP contribution < -0.4 is 5.32 Å². The van der Waals surface area contributed by atoms with E-state index in [-0.39, 0.29) is 5.92 Å². The van der Waals surface area contributed by atoms with Crippen molar-refractivity contribution in [3.8, 4) is 0 Å². The van der Waals surface area contributed by atoms with Gasteiger partial charge in [0.05, 0.1) is 17.0 Å². The van der Waals surface area contributed by atoms with Crippen molar-refractivity contribution in [3.63, 3.8) is 0 Å². The molecule has 2 saturated heterocycles. The summed E-state index contributed by atoms with van der Waals surface area (Å²) in [6.07, 6.45) is 4.30. The van der Waals surface area contributed by atoms with Gasteiger partial charge in [0, 0.05) is 25.6 Å². The van der Waals surface area contributed by atoms with Gasteiger partial charge in [-0.25, -0.2) is 4.98 Å². The highest BCUT2D eigenvalue weighted by molar-refractivity contribution is 5.79. The highest BCUT2D eigenvalue weighted by Crippen LogP contribution is 2.28. The van der Waals surface area contributed by atoms with Gasteiger partial charge in [-0.3, -0.25) is 4.79 Å². The van der Waals surface area contributed by atoms with Crippen LogP contribution in [0, 0.1) is 5.92 Å². The number of fused-ring (bicyclic) bond motifs is 1. The van der Waals surface area contributed by atoms with Crippen molar-refractivity contribution in [1.29, 1.82) is 0 Å². The van der Waals surface area contributed by atoms with Crippen molar-refractivity contribution in [1.82, 2.24) is 20.2 Å². The minimum atomic E-state index is 0.165. The molecule has 122 valence electrons. The number of hydrogen-bond acceptors (Lipinski definition) is 3. The Bertz CT molecular complexity index is 656. The number of H-pyrrole nitrogens is 1. The zero-order chi connectivity index (χ0) is 15.6. The minimum Gasteiger partial charge on any atom is -0.342 e. The van der Waals surface area contributed by atoms with Gasteiger partial charge < -0.3 is 15.2 Å². The summed E-state index contributed by atoms with van der Waals surface area (Å²) in [5.74, 6) is 1.86. The number of piperidine rings is 2. The number of rotatable bonds is 2. The summed E-state index contributed by atoms with van der Waals surface area (Å²) >= 11 is 0. The smallest absolute Gasteiger partial charge is 0.226 e. The quantitative estimate of drug-likeness (QED) is 0.894. The lowest BCUT2D eigenvalue weighted by Gasteiger charge is -2.35. The van der Waals surface area contributed by atoms with Crippen LogP contribution >= 0.6 is 0 Å². The van der Waals surface area contributed by atoms with Crippen LogP contribution in [0.25, 0.3) is 11.0 Å². The van der Waals surface area contributed by atoms with E-state index in [9.17, 15) is 4.79 Å². The molecule has 5 nitrogen and oxygen atoms in total. The van der Waals surface area contributed by atoms with Crippen LogP contribution in [-0.2, 0) is 4.79 Å². The van der Waals surface area contributed by atoms with Gasteiger partial charge in [0.1, 0.15) is 5.82 Å². The number of imidazole rings is 1. The molecule has 2 unspecified atom stereocenters. The highest BCUT2D eigenvalue weighted by atomic mass is 16.2. The summed E-state index contributed by atoms with van der Waals surface area (Å²) in [5, 5.41) is 3.35. The molecule has 2 aliphatic rings. The number of likely N-dealkylation sites (tertiary alicyclic amines) is 1. The van der Waals surface area contributed by atoms with E-state index in [1.165, 1.54) is 0 Å². The van der Waals surface area contributed by atoms with Crippen molar-refractivity contribution >= 4 is 16.9 Å². The molecule has 0 bridgehead atoms. The second-order valence-corrected chi connectivity index (χ2v) is 6.81. The molecule has 2 N–H and O–H groups in total. The van der Waals surface area contributed by atoms with E-state index in [1.54, 1.807) is 0 Å². The third-order valence-corrected chi connectivity index (χ3v) is 5.17. The maximum Gasteiger partial charge on any atom is 0.226 e. The van der Waals surface area contributed by atoms with Crippen LogP contribution in [0.15, 0.2) is 24.3 Å². The molecule has 2 aliphatic heterocycles. The van der Waals surface area contributed by atoms with Crippen molar-refractivity contribution < 1.29 is 4.79 Å². The summed E-state index contributed by atoms with van der Waals surface area (Å²) in [4.78, 5) is 23.0. The number of para-hydroxylation sites is 2. The first-order chi connectivity index (χ1) is 11.3. The van der Waals surface area contributed by atoms with Gasteiger partial charge in [-0.2, -0.15) is 0 Å². The summed E-state index contributed by atoms with van der Waals surface area (Å²) < 4.78 is 0. The second-order valence-electron chi connectivity index (χ2n) is 6.81. The second kappa shape index (κ2) is 6.32. The topological polar surface area (TPSA) is 61.0 Å². The highest BCUT2D eigenvalue weighted by Gasteiger charge is 2.31. The molecule has 2 fully saturated rings. The Morgan fingerprint density at radius 3 is 2.96 bits per heavy atom. The Morgan fingerprint density at radius 2 is 2.13 bits per heavy atom. The lowest BCUT2D eigenvalue weighted by Crippen LogP contribution is -2.46. The van der Waals surface area contributed by atoms with Gasteiger partial charge in [0.25, 0.3) is 0 Å². The van der Waals surface area contributed by atoms with E-state index in [4.69, 9.17) is 4.98 Å². The van der Waals surface area contributed by atoms with E-state index < -0.39 is 0 Å². The van der Waals surface area contributed by atoms with Crippen molar-refractivity contribution in [2.45, 2.75) is 31.6 Å². The summed E-state index contributed by atoms with van der Waals surface area (Å²) in [6, 6.07) is 8.14. The Hall–Kier alpha value is -1.88. The molecule has 0 aliphatic carbocycles. The van der Waals surface area contributed by atoms with E-state index in [0.717, 1.165) is 68.7 Å². The average Bonchev–Trinajstić information content (AvgIpc) is 3.06. The summed E-state index contributed by atoms with van der Waals surface area (Å²) in [6.45, 7) is 3.58. The van der Waals surface area contributed by atoms with Crippen LogP contribution in [0.3, 0.4) is 0 Å². The number of nitrogens with zero attached hydrogens (tertiary/aromatic N) is 2. The van der Waals surface area contributed by atoms with Crippen LogP contribution in [0.5, 0.6) is 0 Å². The van der Waals surface area contributed by atoms with Crippen molar-refractivity contribution in [3.05, 3.63) is 30.1 Å². The van der Waals surface area contributed by atoms with Crippen LogP contribution in [0.4, 0.5) is 0 Å². The molecule has 1 amide bonds. The first-order valence-corrected chi connectivity index (χ1v) is 8.75. The van der Waals surface area contributed by atoms with Gasteiger partial charge in [-0.1, -0.05) is 12.1 Å². The van der Waals surface area contributed by atoms with Crippen LogP contribution in [0.1, 0.15) is 37.4 Å². The van der Waals surface area contributed by atoms with Gasteiger partial charge in [-0.15, -0.1) is 0 Å². The molecule has 2 atom stereocenters. The number of carbonyl (C=O) groups is 1. The molecule has 0 spiro atoms. The number of aromatic amines is 1. The molecule has 0 radical (unpaired) electrons. The molecule has 1 aromatic carbocycles. The van der Waals surface area contributed by atoms with E-state index in [1.807, 2.05) is 18.2 Å². The number of aromatic nitrogens is 2. The third-order valence-electron chi connectivity index (χ3n) is 5.17. The third kappa shape index (κ3) is 2.98. The van der Waals surface area contributed by atoms with Gasteiger partial charge >= 0.3 is 0 Å². The molecular formula is C18H24N4O.